The number of pyridine rings is 1. The van der Waals surface area contributed by atoms with E-state index in [1.165, 1.54) is 6.21 Å². The van der Waals surface area contributed by atoms with Crippen LogP contribution in [-0.2, 0) is 4.79 Å². The Labute approximate surface area is 87.1 Å². The summed E-state index contributed by atoms with van der Waals surface area (Å²) in [5.74, 6) is -1.14. The van der Waals surface area contributed by atoms with Crippen molar-refractivity contribution in [2.45, 2.75) is 13.8 Å². The number of hydrogen-bond donors (Lipinski definition) is 2. The minimum absolute atomic E-state index is 0.0563. The lowest BCUT2D eigenvalue weighted by Gasteiger charge is -2.02. The van der Waals surface area contributed by atoms with Crippen molar-refractivity contribution >= 4 is 12.2 Å². The molecule has 15 heavy (non-hydrogen) atoms. The van der Waals surface area contributed by atoms with Gasteiger partial charge in [-0.15, -0.1) is 0 Å². The molecule has 0 bridgehead atoms. The normalized spacial score (nSPS) is 10.8. The fraction of sp³-hybridized carbons (Fsp3) is 0.300. The van der Waals surface area contributed by atoms with Gasteiger partial charge in [-0.2, -0.15) is 0 Å². The van der Waals surface area contributed by atoms with Crippen molar-refractivity contribution in [3.63, 3.8) is 0 Å². The molecule has 0 aliphatic carbocycles. The molecule has 0 aliphatic rings. The van der Waals surface area contributed by atoms with Gasteiger partial charge in [-0.25, -0.2) is 4.99 Å². The molecule has 80 valence electrons. The molecule has 0 amide bonds. The molecule has 0 saturated heterocycles. The van der Waals surface area contributed by atoms with Crippen molar-refractivity contribution in [1.82, 2.24) is 4.98 Å². The van der Waals surface area contributed by atoms with Gasteiger partial charge in [0.05, 0.1) is 11.3 Å². The van der Waals surface area contributed by atoms with Crippen LogP contribution in [0.25, 0.3) is 0 Å². The number of aromatic nitrogens is 1. The summed E-state index contributed by atoms with van der Waals surface area (Å²) in [6.45, 7) is 3.16. The number of rotatable bonds is 3. The molecule has 0 fully saturated rings. The van der Waals surface area contributed by atoms with Crippen LogP contribution in [0, 0.1) is 13.8 Å². The standard InChI is InChI=1S/C10H12N2O3/c1-6-3-12-7(2)10(15)8(6)4-11-5-9(13)14/h3-4,15H,5H2,1-2H3,(H,13,14). The van der Waals surface area contributed by atoms with Gasteiger partial charge in [0.1, 0.15) is 11.7 Å². The number of nitrogens with one attached hydrogen (secondary N) is 1. The SMILES string of the molecule is Cc1cnc(C)c(O)c1C=[NH+]CC(=O)[O-]. The van der Waals surface area contributed by atoms with E-state index < -0.39 is 5.97 Å². The van der Waals surface area contributed by atoms with Gasteiger partial charge in [0.25, 0.3) is 0 Å². The smallest absolute Gasteiger partial charge is 0.180 e. The number of carboxylic acid groups (broad SMARTS) is 1. The maximum absolute atomic E-state index is 10.2. The molecule has 2 N–H and O–H groups in total. The molecule has 0 spiro atoms. The molecule has 0 aromatic carbocycles. The van der Waals surface area contributed by atoms with Crippen LogP contribution in [0.3, 0.4) is 0 Å². The van der Waals surface area contributed by atoms with Crippen LogP contribution < -0.4 is 10.1 Å². The highest BCUT2D eigenvalue weighted by molar-refractivity contribution is 5.82. The highest BCUT2D eigenvalue weighted by atomic mass is 16.4. The molecular weight excluding hydrogens is 196 g/mol. The monoisotopic (exact) mass is 208 g/mol. The van der Waals surface area contributed by atoms with Gasteiger partial charge in [-0.1, -0.05) is 0 Å². The lowest BCUT2D eigenvalue weighted by atomic mass is 10.1. The third kappa shape index (κ3) is 2.77. The van der Waals surface area contributed by atoms with Crippen molar-refractivity contribution in [2.75, 3.05) is 6.54 Å². The molecule has 5 nitrogen and oxygen atoms in total. The van der Waals surface area contributed by atoms with Gasteiger partial charge in [-0.3, -0.25) is 4.98 Å². The topological polar surface area (TPSA) is 87.2 Å². The number of carbonyl (C=O) groups excluding carboxylic acids is 1. The van der Waals surface area contributed by atoms with Crippen LogP contribution >= 0.6 is 0 Å². The van der Waals surface area contributed by atoms with E-state index in [9.17, 15) is 15.0 Å². The predicted molar refractivity (Wildman–Crippen MR) is 51.4 cm³/mol. The summed E-state index contributed by atoms with van der Waals surface area (Å²) >= 11 is 0. The lowest BCUT2D eigenvalue weighted by molar-refractivity contribution is -0.459. The number of aliphatic carboxylic acids is 1. The van der Waals surface area contributed by atoms with E-state index in [4.69, 9.17) is 0 Å². The van der Waals surface area contributed by atoms with Crippen LogP contribution in [0.15, 0.2) is 6.20 Å². The van der Waals surface area contributed by atoms with E-state index in [1.54, 1.807) is 20.0 Å². The van der Waals surface area contributed by atoms with Crippen LogP contribution in [0.1, 0.15) is 16.8 Å². The molecular formula is C10H12N2O3. The van der Waals surface area contributed by atoms with Gasteiger partial charge < -0.3 is 15.0 Å². The van der Waals surface area contributed by atoms with E-state index in [2.05, 4.69) is 9.98 Å². The molecule has 1 aromatic rings. The largest absolute Gasteiger partial charge is 0.544 e. The van der Waals surface area contributed by atoms with Gasteiger partial charge in [0.2, 0.25) is 0 Å². The lowest BCUT2D eigenvalue weighted by Crippen LogP contribution is -2.73. The minimum Gasteiger partial charge on any atom is -0.544 e. The van der Waals surface area contributed by atoms with E-state index >= 15 is 0 Å². The average molecular weight is 208 g/mol. The summed E-state index contributed by atoms with van der Waals surface area (Å²) < 4.78 is 0. The highest BCUT2D eigenvalue weighted by Crippen LogP contribution is 2.19. The molecule has 1 aromatic heterocycles. The fourth-order valence-corrected chi connectivity index (χ4v) is 1.12. The molecule has 0 saturated carbocycles. The molecule has 5 heteroatoms. The molecule has 0 unspecified atom stereocenters. The summed E-state index contributed by atoms with van der Waals surface area (Å²) in [5, 5.41) is 19.8. The van der Waals surface area contributed by atoms with Crippen molar-refractivity contribution in [3.05, 3.63) is 23.0 Å². The van der Waals surface area contributed by atoms with Crippen LogP contribution in [-0.4, -0.2) is 28.8 Å². The summed E-state index contributed by atoms with van der Waals surface area (Å²) in [6.07, 6.45) is 3.05. The van der Waals surface area contributed by atoms with E-state index in [0.29, 0.717) is 11.3 Å². The second-order valence-corrected chi connectivity index (χ2v) is 3.19. The number of aryl methyl sites for hydroxylation is 2. The van der Waals surface area contributed by atoms with Gasteiger partial charge in [0.15, 0.2) is 12.8 Å². The first kappa shape index (κ1) is 11.2. The van der Waals surface area contributed by atoms with E-state index in [0.717, 1.165) is 5.56 Å². The second-order valence-electron chi connectivity index (χ2n) is 3.19. The number of carboxylic acids is 1. The Morgan fingerprint density at radius 3 is 2.93 bits per heavy atom. The fourth-order valence-electron chi connectivity index (χ4n) is 1.12. The van der Waals surface area contributed by atoms with Crippen LogP contribution in [0.2, 0.25) is 0 Å². The van der Waals surface area contributed by atoms with Crippen molar-refractivity contribution < 1.29 is 20.0 Å². The molecule has 1 heterocycles. The summed E-state index contributed by atoms with van der Waals surface area (Å²) in [6, 6.07) is 0. The first-order chi connectivity index (χ1) is 7.02. The first-order valence-corrected chi connectivity index (χ1v) is 4.44. The number of aromatic hydroxyl groups is 1. The zero-order valence-electron chi connectivity index (χ0n) is 8.57. The average Bonchev–Trinajstić information content (AvgIpc) is 2.17. The Bertz CT molecular complexity index is 413. The van der Waals surface area contributed by atoms with E-state index in [-0.39, 0.29) is 12.3 Å². The van der Waals surface area contributed by atoms with Crippen LogP contribution in [0.5, 0.6) is 5.75 Å². The molecule has 0 atom stereocenters. The number of carbonyl (C=O) groups is 1. The third-order valence-electron chi connectivity index (χ3n) is 1.97. The maximum Gasteiger partial charge on any atom is 0.180 e. The Morgan fingerprint density at radius 2 is 2.33 bits per heavy atom. The summed E-state index contributed by atoms with van der Waals surface area (Å²) in [4.78, 5) is 16.6. The summed E-state index contributed by atoms with van der Waals surface area (Å²) in [5.41, 5.74) is 1.81. The zero-order chi connectivity index (χ0) is 11.4. The Balaban J connectivity index is 2.98. The van der Waals surface area contributed by atoms with E-state index in [1.807, 2.05) is 0 Å². The predicted octanol–water partition coefficient (Wildman–Crippen LogP) is -2.35. The van der Waals surface area contributed by atoms with Crippen molar-refractivity contribution in [3.8, 4) is 5.75 Å². The van der Waals surface area contributed by atoms with Gasteiger partial charge >= 0.3 is 0 Å². The number of nitrogens with zero attached hydrogens (tertiary/aromatic N) is 1. The Hall–Kier alpha value is -1.91. The zero-order valence-corrected chi connectivity index (χ0v) is 8.57. The summed E-state index contributed by atoms with van der Waals surface area (Å²) in [7, 11) is 0. The number of hydrogen-bond acceptors (Lipinski definition) is 4. The Kier molecular flexibility index (Phi) is 3.38. The van der Waals surface area contributed by atoms with Crippen molar-refractivity contribution in [2.24, 2.45) is 0 Å². The van der Waals surface area contributed by atoms with Crippen LogP contribution in [0.4, 0.5) is 0 Å². The first-order valence-electron chi connectivity index (χ1n) is 4.44. The second kappa shape index (κ2) is 4.54. The molecule has 1 rings (SSSR count). The minimum atomic E-state index is -1.20. The van der Waals surface area contributed by atoms with Crippen molar-refractivity contribution in [1.29, 1.82) is 0 Å². The Morgan fingerprint density at radius 1 is 1.67 bits per heavy atom. The van der Waals surface area contributed by atoms with Gasteiger partial charge in [-0.05, 0) is 19.4 Å². The quantitative estimate of drug-likeness (QED) is 0.545. The highest BCUT2D eigenvalue weighted by Gasteiger charge is 2.08. The molecule has 0 radical (unpaired) electrons. The molecule has 0 aliphatic heterocycles. The third-order valence-corrected chi connectivity index (χ3v) is 1.97. The van der Waals surface area contributed by atoms with Gasteiger partial charge in [0, 0.05) is 6.20 Å². The maximum atomic E-state index is 10.2.